The molecule has 1 aliphatic rings. The summed E-state index contributed by atoms with van der Waals surface area (Å²) < 4.78 is 3.23. The first-order chi connectivity index (χ1) is 10.0. The molecule has 1 aromatic heterocycles. The highest BCUT2D eigenvalue weighted by molar-refractivity contribution is 5.84. The Bertz CT molecular complexity index is 679. The second-order valence-corrected chi connectivity index (χ2v) is 6.61. The number of likely N-dealkylation sites (N-methyl/N-ethyl adjacent to an activating group) is 1. The second kappa shape index (κ2) is 5.32. The predicted molar refractivity (Wildman–Crippen MR) is 92.0 cm³/mol. The van der Waals surface area contributed by atoms with Crippen molar-refractivity contribution < 1.29 is 0 Å². The third-order valence-corrected chi connectivity index (χ3v) is 4.81. The largest absolute Gasteiger partial charge is 0.302 e. The van der Waals surface area contributed by atoms with Gasteiger partial charge in [-0.05, 0) is 43.7 Å². The van der Waals surface area contributed by atoms with Crippen LogP contribution >= 0.6 is 0 Å². The third-order valence-electron chi connectivity index (χ3n) is 4.81. The van der Waals surface area contributed by atoms with Crippen LogP contribution in [0.15, 0.2) is 36.5 Å². The molecule has 3 nitrogen and oxygen atoms in total. The fraction of sp³-hybridized carbons (Fsp3) is 0.444. The standard InChI is InChI=1S/C18H26N3/c1-5-21(3,4)20-13-10-16-6-7-17(14-18(16)20)15-8-11-19(2)12-9-15/h6-8,10,13-14H,5,9,11-12H2,1-4H3/q+1. The number of rotatable bonds is 3. The molecule has 3 heteroatoms. The number of benzene rings is 1. The smallest absolute Gasteiger partial charge is 0.101 e. The summed E-state index contributed by atoms with van der Waals surface area (Å²) in [5, 5.41) is 1.33. The lowest BCUT2D eigenvalue weighted by atomic mass is 9.99. The van der Waals surface area contributed by atoms with Crippen LogP contribution in [-0.4, -0.2) is 50.4 Å². The maximum Gasteiger partial charge on any atom is 0.101 e. The molecule has 0 fully saturated rings. The number of hydrogen-bond acceptors (Lipinski definition) is 1. The van der Waals surface area contributed by atoms with Crippen LogP contribution in [0.5, 0.6) is 0 Å². The molecule has 21 heavy (non-hydrogen) atoms. The average molecular weight is 284 g/mol. The summed E-state index contributed by atoms with van der Waals surface area (Å²) in [7, 11) is 6.69. The summed E-state index contributed by atoms with van der Waals surface area (Å²) in [6.07, 6.45) is 5.73. The zero-order chi connectivity index (χ0) is 15.0. The summed E-state index contributed by atoms with van der Waals surface area (Å²) in [6, 6.07) is 9.12. The first kappa shape index (κ1) is 14.4. The van der Waals surface area contributed by atoms with Crippen molar-refractivity contribution in [3.63, 3.8) is 0 Å². The summed E-state index contributed by atoms with van der Waals surface area (Å²) in [5.41, 5.74) is 4.20. The van der Waals surface area contributed by atoms with Crippen LogP contribution in [0.3, 0.4) is 0 Å². The van der Waals surface area contributed by atoms with E-state index in [9.17, 15) is 0 Å². The van der Waals surface area contributed by atoms with E-state index in [4.69, 9.17) is 0 Å². The molecular formula is C18H26N3+. The zero-order valence-electron chi connectivity index (χ0n) is 13.6. The molecule has 2 heterocycles. The van der Waals surface area contributed by atoms with Crippen molar-refractivity contribution in [2.75, 3.05) is 40.8 Å². The summed E-state index contributed by atoms with van der Waals surface area (Å²) in [6.45, 7) is 5.52. The molecule has 0 atom stereocenters. The fourth-order valence-electron chi connectivity index (χ4n) is 2.97. The van der Waals surface area contributed by atoms with E-state index in [1.54, 1.807) is 0 Å². The maximum absolute atomic E-state index is 2.37. The molecule has 0 amide bonds. The van der Waals surface area contributed by atoms with Crippen molar-refractivity contribution in [2.24, 2.45) is 0 Å². The maximum atomic E-state index is 2.37. The van der Waals surface area contributed by atoms with Crippen molar-refractivity contribution in [3.05, 3.63) is 42.1 Å². The molecule has 0 bridgehead atoms. The highest BCUT2D eigenvalue weighted by atomic mass is 15.7. The van der Waals surface area contributed by atoms with E-state index in [1.165, 1.54) is 22.0 Å². The highest BCUT2D eigenvalue weighted by Gasteiger charge is 2.18. The highest BCUT2D eigenvalue weighted by Crippen LogP contribution is 2.26. The van der Waals surface area contributed by atoms with Crippen LogP contribution in [0, 0.1) is 0 Å². The monoisotopic (exact) mass is 284 g/mol. The van der Waals surface area contributed by atoms with Crippen molar-refractivity contribution >= 4 is 16.5 Å². The molecule has 0 unspecified atom stereocenters. The molecule has 1 aliphatic heterocycles. The average Bonchev–Trinajstić information content (AvgIpc) is 2.91. The van der Waals surface area contributed by atoms with E-state index in [0.717, 1.165) is 30.6 Å². The first-order valence-electron chi connectivity index (χ1n) is 7.84. The molecule has 0 radical (unpaired) electrons. The van der Waals surface area contributed by atoms with E-state index < -0.39 is 0 Å². The van der Waals surface area contributed by atoms with Gasteiger partial charge in [-0.2, -0.15) is 4.68 Å². The Morgan fingerprint density at radius 2 is 2.00 bits per heavy atom. The minimum Gasteiger partial charge on any atom is -0.302 e. The van der Waals surface area contributed by atoms with Crippen molar-refractivity contribution in [3.8, 4) is 0 Å². The molecule has 3 rings (SSSR count). The van der Waals surface area contributed by atoms with Crippen molar-refractivity contribution in [2.45, 2.75) is 13.3 Å². The Balaban J connectivity index is 2.05. The van der Waals surface area contributed by atoms with Gasteiger partial charge in [0, 0.05) is 18.5 Å². The molecule has 0 spiro atoms. The summed E-state index contributed by atoms with van der Waals surface area (Å²) in [5.74, 6) is 0. The van der Waals surface area contributed by atoms with E-state index in [1.807, 2.05) is 0 Å². The number of aromatic nitrogens is 1. The van der Waals surface area contributed by atoms with Crippen molar-refractivity contribution in [1.29, 1.82) is 0 Å². The molecular weight excluding hydrogens is 258 g/mol. The quantitative estimate of drug-likeness (QED) is 0.786. The van der Waals surface area contributed by atoms with Gasteiger partial charge >= 0.3 is 0 Å². The van der Waals surface area contributed by atoms with Gasteiger partial charge in [0.2, 0.25) is 0 Å². The van der Waals surface area contributed by atoms with Gasteiger partial charge in [-0.3, -0.25) is 0 Å². The van der Waals surface area contributed by atoms with E-state index in [2.05, 4.69) is 74.2 Å². The van der Waals surface area contributed by atoms with Gasteiger partial charge in [0.1, 0.15) is 5.52 Å². The molecule has 0 saturated heterocycles. The van der Waals surface area contributed by atoms with Crippen LogP contribution in [0.1, 0.15) is 18.9 Å². The number of fused-ring (bicyclic) bond motifs is 1. The van der Waals surface area contributed by atoms with Crippen LogP contribution in [0.25, 0.3) is 16.5 Å². The number of hydrogen-bond donors (Lipinski definition) is 0. The molecule has 0 N–H and O–H groups in total. The third kappa shape index (κ3) is 2.63. The lowest BCUT2D eigenvalue weighted by molar-refractivity contribution is 0.228. The normalized spacial score (nSPS) is 17.2. The van der Waals surface area contributed by atoms with Crippen molar-refractivity contribution in [1.82, 2.24) is 14.2 Å². The van der Waals surface area contributed by atoms with Crippen LogP contribution < -0.4 is 4.59 Å². The predicted octanol–water partition coefficient (Wildman–Crippen LogP) is 3.08. The zero-order valence-corrected chi connectivity index (χ0v) is 13.6. The lowest BCUT2D eigenvalue weighted by Gasteiger charge is -2.29. The van der Waals surface area contributed by atoms with Gasteiger partial charge in [-0.15, -0.1) is 0 Å². The Morgan fingerprint density at radius 1 is 1.19 bits per heavy atom. The van der Waals surface area contributed by atoms with Gasteiger partial charge in [0.05, 0.1) is 26.8 Å². The van der Waals surface area contributed by atoms with E-state index in [0.29, 0.717) is 0 Å². The van der Waals surface area contributed by atoms with Gasteiger partial charge in [0.25, 0.3) is 0 Å². The second-order valence-electron chi connectivity index (χ2n) is 6.61. The van der Waals surface area contributed by atoms with E-state index in [-0.39, 0.29) is 0 Å². The summed E-state index contributed by atoms with van der Waals surface area (Å²) in [4.78, 5) is 2.36. The Hall–Kier alpha value is -1.58. The minimum atomic E-state index is 0.856. The van der Waals surface area contributed by atoms with Crippen LogP contribution in [0.4, 0.5) is 0 Å². The van der Waals surface area contributed by atoms with Crippen LogP contribution in [0.2, 0.25) is 0 Å². The SMILES string of the molecule is CC[N+](C)(C)n1ccc2ccc(C3=CCN(C)CC3)cc21. The van der Waals surface area contributed by atoms with Gasteiger partial charge < -0.3 is 4.90 Å². The Labute approximate surface area is 127 Å². The lowest BCUT2D eigenvalue weighted by Crippen LogP contribution is -2.49. The molecule has 112 valence electrons. The Kier molecular flexibility index (Phi) is 3.64. The first-order valence-corrected chi connectivity index (χ1v) is 7.84. The van der Waals surface area contributed by atoms with Crippen LogP contribution in [-0.2, 0) is 0 Å². The molecule has 0 aliphatic carbocycles. The molecule has 2 aromatic rings. The van der Waals surface area contributed by atoms with Gasteiger partial charge in [-0.1, -0.05) is 18.2 Å². The topological polar surface area (TPSA) is 8.17 Å². The molecule has 0 saturated carbocycles. The minimum absolute atomic E-state index is 0.856. The fourth-order valence-corrected chi connectivity index (χ4v) is 2.97. The van der Waals surface area contributed by atoms with Gasteiger partial charge in [0.15, 0.2) is 0 Å². The van der Waals surface area contributed by atoms with E-state index >= 15 is 0 Å². The van der Waals surface area contributed by atoms with Gasteiger partial charge in [-0.25, -0.2) is 4.59 Å². The molecule has 1 aromatic carbocycles. The summed E-state index contributed by atoms with van der Waals surface area (Å²) >= 11 is 0. The Morgan fingerprint density at radius 3 is 2.67 bits per heavy atom. The number of nitrogens with zero attached hydrogens (tertiary/aromatic N) is 3. The number of quaternary nitrogens is 1.